The first-order valence-corrected chi connectivity index (χ1v) is 7.35. The van der Waals surface area contributed by atoms with Gasteiger partial charge in [0.2, 0.25) is 0 Å². The van der Waals surface area contributed by atoms with Crippen LogP contribution in [-0.2, 0) is 6.42 Å². The Hall–Kier alpha value is -2.01. The van der Waals surface area contributed by atoms with Crippen LogP contribution < -0.4 is 5.32 Å². The number of nitrogens with one attached hydrogen (secondary N) is 1. The van der Waals surface area contributed by atoms with E-state index >= 15 is 0 Å². The van der Waals surface area contributed by atoms with Crippen molar-refractivity contribution in [3.8, 4) is 0 Å². The quantitative estimate of drug-likeness (QED) is 0.793. The molecule has 2 aromatic heterocycles. The van der Waals surface area contributed by atoms with Crippen LogP contribution in [0.2, 0.25) is 0 Å². The zero-order valence-corrected chi connectivity index (χ0v) is 11.9. The number of rotatable bonds is 4. The highest BCUT2D eigenvalue weighted by Gasteiger charge is 2.07. The third-order valence-corrected chi connectivity index (χ3v) is 3.73. The molecule has 3 aromatic rings. The molecule has 1 N–H and O–H groups in total. The van der Waals surface area contributed by atoms with E-state index in [2.05, 4.69) is 15.3 Å². The molecule has 0 aliphatic rings. The fraction of sp³-hybridized carbons (Fsp3) is 0.200. The Balaban J connectivity index is 1.85. The Labute approximate surface area is 120 Å². The third kappa shape index (κ3) is 2.63. The largest absolute Gasteiger partial charge is 0.384 e. The third-order valence-electron chi connectivity index (χ3n) is 3.10. The Morgan fingerprint density at radius 1 is 1.35 bits per heavy atom. The molecule has 20 heavy (non-hydrogen) atoms. The molecular formula is C15H14FN3S. The molecule has 0 aliphatic carbocycles. The van der Waals surface area contributed by atoms with Gasteiger partial charge in [-0.2, -0.15) is 0 Å². The van der Waals surface area contributed by atoms with Gasteiger partial charge in [-0.05, 0) is 19.1 Å². The van der Waals surface area contributed by atoms with Gasteiger partial charge in [-0.15, -0.1) is 11.3 Å². The van der Waals surface area contributed by atoms with Crippen molar-refractivity contribution in [1.29, 1.82) is 0 Å². The lowest BCUT2D eigenvalue weighted by atomic mass is 10.1. The van der Waals surface area contributed by atoms with Crippen molar-refractivity contribution in [2.24, 2.45) is 0 Å². The highest BCUT2D eigenvalue weighted by Crippen LogP contribution is 2.25. The van der Waals surface area contributed by atoms with Gasteiger partial charge in [0.05, 0.1) is 11.2 Å². The summed E-state index contributed by atoms with van der Waals surface area (Å²) in [5, 5.41) is 6.20. The summed E-state index contributed by atoms with van der Waals surface area (Å²) in [6, 6.07) is 6.98. The first kappa shape index (κ1) is 13.0. The van der Waals surface area contributed by atoms with Gasteiger partial charge >= 0.3 is 0 Å². The minimum Gasteiger partial charge on any atom is -0.384 e. The summed E-state index contributed by atoms with van der Waals surface area (Å²) in [4.78, 5) is 8.52. The number of anilines is 1. The van der Waals surface area contributed by atoms with Crippen molar-refractivity contribution in [1.82, 2.24) is 9.97 Å². The SMILES string of the molecule is Cc1cc(NCCc2cscn2)c2cccc(F)c2n1. The summed E-state index contributed by atoms with van der Waals surface area (Å²) in [5.74, 6) is -0.284. The van der Waals surface area contributed by atoms with Crippen LogP contribution in [0.5, 0.6) is 0 Å². The van der Waals surface area contributed by atoms with Crippen molar-refractivity contribution in [2.75, 3.05) is 11.9 Å². The van der Waals surface area contributed by atoms with Crippen LogP contribution in [0.25, 0.3) is 10.9 Å². The van der Waals surface area contributed by atoms with Crippen molar-refractivity contribution in [3.05, 3.63) is 52.4 Å². The number of aromatic nitrogens is 2. The number of thiazole rings is 1. The summed E-state index contributed by atoms with van der Waals surface area (Å²) in [6.07, 6.45) is 0.849. The van der Waals surface area contributed by atoms with Gasteiger partial charge in [-0.3, -0.25) is 0 Å². The van der Waals surface area contributed by atoms with E-state index in [1.54, 1.807) is 17.4 Å². The number of hydrogen-bond acceptors (Lipinski definition) is 4. The van der Waals surface area contributed by atoms with E-state index in [0.717, 1.165) is 35.4 Å². The molecule has 0 fully saturated rings. The molecule has 3 nitrogen and oxygen atoms in total. The van der Waals surface area contributed by atoms with Gasteiger partial charge in [-0.1, -0.05) is 12.1 Å². The number of aryl methyl sites for hydroxylation is 1. The number of pyridine rings is 1. The maximum Gasteiger partial charge on any atom is 0.149 e. The molecule has 0 atom stereocenters. The Bertz CT molecular complexity index is 725. The summed E-state index contributed by atoms with van der Waals surface area (Å²) < 4.78 is 13.8. The smallest absolute Gasteiger partial charge is 0.149 e. The fourth-order valence-corrected chi connectivity index (χ4v) is 2.77. The van der Waals surface area contributed by atoms with Crippen molar-refractivity contribution >= 4 is 27.9 Å². The molecule has 5 heteroatoms. The van der Waals surface area contributed by atoms with E-state index in [1.807, 2.05) is 29.9 Å². The molecule has 3 rings (SSSR count). The average molecular weight is 287 g/mol. The van der Waals surface area contributed by atoms with Gasteiger partial charge in [0.1, 0.15) is 11.3 Å². The minimum absolute atomic E-state index is 0.284. The highest BCUT2D eigenvalue weighted by molar-refractivity contribution is 7.07. The Morgan fingerprint density at radius 2 is 2.25 bits per heavy atom. The van der Waals surface area contributed by atoms with E-state index in [4.69, 9.17) is 0 Å². The summed E-state index contributed by atoms with van der Waals surface area (Å²) in [7, 11) is 0. The topological polar surface area (TPSA) is 37.8 Å². The van der Waals surface area contributed by atoms with Crippen LogP contribution in [0.4, 0.5) is 10.1 Å². The lowest BCUT2D eigenvalue weighted by Gasteiger charge is -2.10. The normalized spacial score (nSPS) is 10.9. The summed E-state index contributed by atoms with van der Waals surface area (Å²) in [5.41, 5.74) is 5.05. The molecule has 0 saturated carbocycles. The maximum atomic E-state index is 13.8. The molecule has 0 amide bonds. The van der Waals surface area contributed by atoms with Gasteiger partial charge < -0.3 is 5.32 Å². The molecule has 0 saturated heterocycles. The molecule has 1 aromatic carbocycles. The molecule has 0 aliphatic heterocycles. The highest BCUT2D eigenvalue weighted by atomic mass is 32.1. The van der Waals surface area contributed by atoms with Crippen molar-refractivity contribution in [2.45, 2.75) is 13.3 Å². The van der Waals surface area contributed by atoms with Gasteiger partial charge in [0.25, 0.3) is 0 Å². The first-order chi connectivity index (χ1) is 9.74. The summed E-state index contributed by atoms with van der Waals surface area (Å²) >= 11 is 1.59. The van der Waals surface area contributed by atoms with Gasteiger partial charge in [0, 0.05) is 35.1 Å². The van der Waals surface area contributed by atoms with Crippen molar-refractivity contribution in [3.63, 3.8) is 0 Å². The lowest BCUT2D eigenvalue weighted by molar-refractivity contribution is 0.636. The average Bonchev–Trinajstić information content (AvgIpc) is 2.93. The van der Waals surface area contributed by atoms with Crippen LogP contribution in [0, 0.1) is 12.7 Å². The minimum atomic E-state index is -0.284. The second-order valence-corrected chi connectivity index (χ2v) is 5.32. The van der Waals surface area contributed by atoms with E-state index in [-0.39, 0.29) is 5.82 Å². The molecule has 0 bridgehead atoms. The number of nitrogens with zero attached hydrogens (tertiary/aromatic N) is 2. The summed E-state index contributed by atoms with van der Waals surface area (Å²) in [6.45, 7) is 2.64. The number of halogens is 1. The van der Waals surface area contributed by atoms with E-state index < -0.39 is 0 Å². The Kier molecular flexibility index (Phi) is 3.60. The van der Waals surface area contributed by atoms with Gasteiger partial charge in [0.15, 0.2) is 0 Å². The second-order valence-electron chi connectivity index (χ2n) is 4.60. The predicted molar refractivity (Wildman–Crippen MR) is 80.7 cm³/mol. The van der Waals surface area contributed by atoms with E-state index in [1.165, 1.54) is 6.07 Å². The second kappa shape index (κ2) is 5.54. The molecule has 0 spiro atoms. The molecule has 0 radical (unpaired) electrons. The maximum absolute atomic E-state index is 13.8. The number of para-hydroxylation sites is 1. The lowest BCUT2D eigenvalue weighted by Crippen LogP contribution is -2.06. The van der Waals surface area contributed by atoms with Crippen LogP contribution in [-0.4, -0.2) is 16.5 Å². The van der Waals surface area contributed by atoms with Crippen molar-refractivity contribution < 1.29 is 4.39 Å². The predicted octanol–water partition coefficient (Wildman–Crippen LogP) is 3.79. The van der Waals surface area contributed by atoms with E-state index in [9.17, 15) is 4.39 Å². The number of benzene rings is 1. The monoisotopic (exact) mass is 287 g/mol. The number of fused-ring (bicyclic) bond motifs is 1. The van der Waals surface area contributed by atoms with Crippen LogP contribution >= 0.6 is 11.3 Å². The van der Waals surface area contributed by atoms with Crippen LogP contribution in [0.3, 0.4) is 0 Å². The van der Waals surface area contributed by atoms with Crippen LogP contribution in [0.15, 0.2) is 35.2 Å². The number of hydrogen-bond donors (Lipinski definition) is 1. The Morgan fingerprint density at radius 3 is 3.05 bits per heavy atom. The van der Waals surface area contributed by atoms with E-state index in [0.29, 0.717) is 5.52 Å². The standard InChI is InChI=1S/C15H14FN3S/c1-10-7-14(17-6-5-11-8-20-9-18-11)12-3-2-4-13(16)15(12)19-10/h2-4,7-9H,5-6H2,1H3,(H,17,19). The molecule has 2 heterocycles. The molecule has 0 unspecified atom stereocenters. The van der Waals surface area contributed by atoms with Gasteiger partial charge in [-0.25, -0.2) is 14.4 Å². The first-order valence-electron chi connectivity index (χ1n) is 6.41. The zero-order chi connectivity index (χ0) is 13.9. The van der Waals surface area contributed by atoms with Crippen LogP contribution in [0.1, 0.15) is 11.4 Å². The molecule has 102 valence electrons. The zero-order valence-electron chi connectivity index (χ0n) is 11.1. The molecular weight excluding hydrogens is 273 g/mol. The fourth-order valence-electron chi connectivity index (χ4n) is 2.17.